The fourth-order valence-electron chi connectivity index (χ4n) is 6.86. The molecule has 40 heavy (non-hydrogen) atoms. The number of nitrogens with zero attached hydrogens (tertiary/aromatic N) is 5. The maximum absolute atomic E-state index is 13.8. The quantitative estimate of drug-likeness (QED) is 0.498. The third kappa shape index (κ3) is 5.92. The summed E-state index contributed by atoms with van der Waals surface area (Å²) < 4.78 is 1.90. The van der Waals surface area contributed by atoms with Crippen LogP contribution < -0.4 is 5.32 Å². The van der Waals surface area contributed by atoms with Crippen LogP contribution in [0.5, 0.6) is 0 Å². The normalized spacial score (nSPS) is 22.7. The van der Waals surface area contributed by atoms with Crippen molar-refractivity contribution in [1.29, 1.82) is 0 Å². The summed E-state index contributed by atoms with van der Waals surface area (Å²) in [4.78, 5) is 36.3. The van der Waals surface area contributed by atoms with Crippen LogP contribution in [-0.2, 0) is 16.1 Å². The number of piperidine rings is 1. The molecule has 0 bridgehead atoms. The molecule has 3 aliphatic rings. The molecule has 10 heteroatoms. The second-order valence-corrected chi connectivity index (χ2v) is 11.9. The zero-order valence-corrected chi connectivity index (χ0v) is 25.0. The van der Waals surface area contributed by atoms with Crippen LogP contribution in [0.1, 0.15) is 88.1 Å². The Labute approximate surface area is 244 Å². The molecule has 0 radical (unpaired) electrons. The van der Waals surface area contributed by atoms with Crippen molar-refractivity contribution in [1.82, 2.24) is 29.9 Å². The third-order valence-electron chi connectivity index (χ3n) is 9.28. The number of aliphatic hydroxyl groups is 1. The first-order valence-electron chi connectivity index (χ1n) is 14.8. The second kappa shape index (κ2) is 12.6. The van der Waals surface area contributed by atoms with Crippen molar-refractivity contribution in [3.05, 3.63) is 41.3 Å². The number of nitrogens with one attached hydrogen (secondary N) is 1. The van der Waals surface area contributed by atoms with Crippen LogP contribution in [0.4, 0.5) is 0 Å². The number of carbonyl (C=O) groups excluding carboxylic acids is 2. The highest BCUT2D eigenvalue weighted by atomic mass is 35.5. The molecule has 3 fully saturated rings. The summed E-state index contributed by atoms with van der Waals surface area (Å²) in [5.74, 6) is 0.745. The van der Waals surface area contributed by atoms with Gasteiger partial charge in [0.25, 0.3) is 0 Å². The van der Waals surface area contributed by atoms with E-state index in [0.717, 1.165) is 68.9 Å². The smallest absolute Gasteiger partial charge is 0.246 e. The number of unbranched alkanes of at least 4 members (excludes halogenated alkanes) is 1. The number of hydrogen-bond acceptors (Lipinski definition) is 6. The lowest BCUT2D eigenvalue weighted by atomic mass is 9.77. The van der Waals surface area contributed by atoms with E-state index >= 15 is 0 Å². The van der Waals surface area contributed by atoms with Gasteiger partial charge in [-0.1, -0.05) is 38.7 Å². The molecule has 2 aliphatic heterocycles. The number of pyridine rings is 1. The largest absolute Gasteiger partial charge is 0.390 e. The van der Waals surface area contributed by atoms with Crippen LogP contribution in [0, 0.1) is 13.8 Å². The van der Waals surface area contributed by atoms with E-state index in [1.807, 2.05) is 34.7 Å². The Morgan fingerprint density at radius 1 is 1.07 bits per heavy atom. The molecule has 1 aliphatic carbocycles. The van der Waals surface area contributed by atoms with Gasteiger partial charge in [-0.3, -0.25) is 14.5 Å². The molecule has 1 atom stereocenters. The monoisotopic (exact) mass is 572 g/mol. The number of likely N-dealkylation sites (tertiary alicyclic amines) is 1. The van der Waals surface area contributed by atoms with Crippen LogP contribution in [0.3, 0.4) is 0 Å². The van der Waals surface area contributed by atoms with Crippen LogP contribution in [-0.4, -0.2) is 78.3 Å². The van der Waals surface area contributed by atoms with Crippen LogP contribution in [0.25, 0.3) is 5.82 Å². The van der Waals surface area contributed by atoms with Crippen LogP contribution >= 0.6 is 12.4 Å². The SMILES string of the molecule is CCCCN1C(=O)[C@@H](CC2(O)CCCCC2)NC(=O)C12CCN(Cc1c(C)nn(-c3ccccn3)c1C)CC2.Cl. The second-order valence-electron chi connectivity index (χ2n) is 11.9. The summed E-state index contributed by atoms with van der Waals surface area (Å²) in [6, 6.07) is 5.18. The minimum Gasteiger partial charge on any atom is -0.390 e. The van der Waals surface area contributed by atoms with Crippen molar-refractivity contribution < 1.29 is 14.7 Å². The van der Waals surface area contributed by atoms with E-state index in [0.29, 0.717) is 38.6 Å². The summed E-state index contributed by atoms with van der Waals surface area (Å²) in [5.41, 5.74) is 1.58. The number of aromatic nitrogens is 3. The Bertz CT molecular complexity index is 1170. The molecule has 220 valence electrons. The number of aryl methyl sites for hydroxylation is 1. The van der Waals surface area contributed by atoms with E-state index in [1.54, 1.807) is 6.20 Å². The minimum atomic E-state index is -0.856. The molecule has 2 aromatic heterocycles. The first-order chi connectivity index (χ1) is 18.8. The maximum atomic E-state index is 13.8. The number of piperazine rings is 1. The lowest BCUT2D eigenvalue weighted by Gasteiger charge is -2.52. The van der Waals surface area contributed by atoms with Gasteiger partial charge in [-0.25, -0.2) is 9.67 Å². The Morgan fingerprint density at radius 3 is 2.45 bits per heavy atom. The molecule has 0 aromatic carbocycles. The Morgan fingerprint density at radius 2 is 1.80 bits per heavy atom. The first kappa shape index (κ1) is 30.5. The molecule has 1 spiro atoms. The Hall–Kier alpha value is -2.49. The molecule has 2 saturated heterocycles. The summed E-state index contributed by atoms with van der Waals surface area (Å²) >= 11 is 0. The van der Waals surface area contributed by atoms with E-state index in [-0.39, 0.29) is 24.2 Å². The van der Waals surface area contributed by atoms with Crippen molar-refractivity contribution >= 4 is 24.2 Å². The Kier molecular flexibility index (Phi) is 9.58. The van der Waals surface area contributed by atoms with E-state index in [1.165, 1.54) is 5.56 Å². The molecule has 1 saturated carbocycles. The average molecular weight is 573 g/mol. The average Bonchev–Trinajstić information content (AvgIpc) is 3.22. The molecule has 4 heterocycles. The van der Waals surface area contributed by atoms with E-state index in [2.05, 4.69) is 29.0 Å². The topological polar surface area (TPSA) is 104 Å². The van der Waals surface area contributed by atoms with Crippen LogP contribution in [0.15, 0.2) is 24.4 Å². The Balaban J connectivity index is 0.00000370. The lowest BCUT2D eigenvalue weighted by molar-refractivity contribution is -0.163. The van der Waals surface area contributed by atoms with E-state index in [4.69, 9.17) is 5.10 Å². The van der Waals surface area contributed by atoms with Gasteiger partial charge in [0, 0.05) is 50.1 Å². The van der Waals surface area contributed by atoms with Gasteiger partial charge in [0.2, 0.25) is 11.8 Å². The summed E-state index contributed by atoms with van der Waals surface area (Å²) in [6.07, 6.45) is 9.63. The minimum absolute atomic E-state index is 0. The van der Waals surface area contributed by atoms with Gasteiger partial charge in [-0.2, -0.15) is 5.10 Å². The summed E-state index contributed by atoms with van der Waals surface area (Å²) in [6.45, 7) is 9.02. The highest BCUT2D eigenvalue weighted by Crippen LogP contribution is 2.38. The number of amides is 2. The first-order valence-corrected chi connectivity index (χ1v) is 14.8. The van der Waals surface area contributed by atoms with Crippen LogP contribution in [0.2, 0.25) is 0 Å². The van der Waals surface area contributed by atoms with Gasteiger partial charge in [-0.15, -0.1) is 12.4 Å². The zero-order valence-electron chi connectivity index (χ0n) is 24.2. The number of halogens is 1. The summed E-state index contributed by atoms with van der Waals surface area (Å²) in [7, 11) is 0. The molecule has 5 rings (SSSR count). The van der Waals surface area contributed by atoms with Crippen molar-refractivity contribution in [2.75, 3.05) is 19.6 Å². The highest BCUT2D eigenvalue weighted by Gasteiger charge is 2.54. The van der Waals surface area contributed by atoms with E-state index in [9.17, 15) is 14.7 Å². The van der Waals surface area contributed by atoms with Gasteiger partial charge in [0.15, 0.2) is 5.82 Å². The molecule has 2 N–H and O–H groups in total. The number of rotatable bonds is 8. The molecule has 9 nitrogen and oxygen atoms in total. The van der Waals surface area contributed by atoms with E-state index < -0.39 is 17.2 Å². The van der Waals surface area contributed by atoms with Gasteiger partial charge in [-0.05, 0) is 58.1 Å². The highest BCUT2D eigenvalue weighted by molar-refractivity contribution is 6.00. The van der Waals surface area contributed by atoms with Crippen molar-refractivity contribution in [3.8, 4) is 5.82 Å². The van der Waals surface area contributed by atoms with Crippen molar-refractivity contribution in [3.63, 3.8) is 0 Å². The number of carbonyl (C=O) groups is 2. The fourth-order valence-corrected chi connectivity index (χ4v) is 6.86. The third-order valence-corrected chi connectivity index (χ3v) is 9.28. The van der Waals surface area contributed by atoms with Gasteiger partial charge < -0.3 is 15.3 Å². The fraction of sp³-hybridized carbons (Fsp3) is 0.667. The molecule has 2 aromatic rings. The summed E-state index contributed by atoms with van der Waals surface area (Å²) in [5, 5.41) is 19.0. The predicted molar refractivity (Wildman–Crippen MR) is 157 cm³/mol. The van der Waals surface area contributed by atoms with Gasteiger partial charge in [0.1, 0.15) is 11.6 Å². The lowest BCUT2D eigenvalue weighted by Crippen LogP contribution is -2.73. The maximum Gasteiger partial charge on any atom is 0.246 e. The van der Waals surface area contributed by atoms with Gasteiger partial charge >= 0.3 is 0 Å². The van der Waals surface area contributed by atoms with Gasteiger partial charge in [0.05, 0.1) is 11.3 Å². The zero-order chi connectivity index (χ0) is 27.6. The molecule has 0 unspecified atom stereocenters. The molecular formula is C30H45ClN6O3. The van der Waals surface area contributed by atoms with Crippen molar-refractivity contribution in [2.24, 2.45) is 0 Å². The van der Waals surface area contributed by atoms with Crippen molar-refractivity contribution in [2.45, 2.75) is 109 Å². The predicted octanol–water partition coefficient (Wildman–Crippen LogP) is 3.85. The number of hydrogen-bond donors (Lipinski definition) is 2. The molecule has 2 amide bonds. The standard InChI is InChI=1S/C30H44N6O3.ClH/c1-4-5-17-35-27(37)25(20-29(39)12-8-6-9-13-29)32-28(38)30(35)14-18-34(19-15-30)21-24-22(2)33-36(23(24)3)26-11-7-10-16-31-26;/h7,10-11,16,25,39H,4-6,8-9,12-15,17-21H2,1-3H3,(H,32,38);1H/t25-;/m1./s1. The molecular weight excluding hydrogens is 528 g/mol.